The largest absolute Gasteiger partial charge is 0.506 e. The van der Waals surface area contributed by atoms with E-state index in [9.17, 15) is 19.3 Å². The third kappa shape index (κ3) is 5.78. The number of hydrogen-bond acceptors (Lipinski definition) is 12. The van der Waals surface area contributed by atoms with Gasteiger partial charge in [0, 0.05) is 43.1 Å². The summed E-state index contributed by atoms with van der Waals surface area (Å²) in [5, 5.41) is 29.2. The molecule has 2 N–H and O–H groups in total. The Morgan fingerprint density at radius 3 is 1.10 bits per heavy atom. The van der Waals surface area contributed by atoms with Crippen molar-refractivity contribution in [3.05, 3.63) is 48.5 Å². The van der Waals surface area contributed by atoms with Gasteiger partial charge in [-0.3, -0.25) is 9.13 Å². The van der Waals surface area contributed by atoms with Gasteiger partial charge >= 0.3 is 15.2 Å². The minimum Gasteiger partial charge on any atom is -0.506 e. The van der Waals surface area contributed by atoms with Crippen molar-refractivity contribution in [2.75, 3.05) is 54.9 Å². The smallest absolute Gasteiger partial charge is 0.365 e. The Labute approximate surface area is 301 Å². The number of phenolic OH excluding ortho intramolecular Hbond substituents is 2. The molecule has 0 bridgehead atoms. The second kappa shape index (κ2) is 14.6. The Balaban J connectivity index is 1.99. The van der Waals surface area contributed by atoms with Crippen LogP contribution < -0.4 is 29.6 Å². The van der Waals surface area contributed by atoms with E-state index in [4.69, 9.17) is 37.0 Å². The first-order chi connectivity index (χ1) is 25.0. The summed E-state index contributed by atoms with van der Waals surface area (Å²) in [6.07, 6.45) is 0. The van der Waals surface area contributed by atoms with Crippen molar-refractivity contribution >= 4 is 79.7 Å². The van der Waals surface area contributed by atoms with Crippen molar-refractivity contribution in [2.24, 2.45) is 0 Å². The summed E-state index contributed by atoms with van der Waals surface area (Å²) >= 11 is 0. The summed E-state index contributed by atoms with van der Waals surface area (Å²) in [6.45, 7) is 6.95. The fraction of sp³-hybridized carbons (Fsp3) is 0.316. The van der Waals surface area contributed by atoms with E-state index in [0.717, 1.165) is 0 Å². The first-order valence-corrected chi connectivity index (χ1v) is 19.9. The highest BCUT2D eigenvalue weighted by atomic mass is 31.2. The molecular formula is C38H42O12P2. The highest BCUT2D eigenvalue weighted by Gasteiger charge is 2.36. The van der Waals surface area contributed by atoms with Crippen molar-refractivity contribution in [2.45, 2.75) is 27.7 Å². The molecule has 0 saturated heterocycles. The number of rotatable bonds is 14. The standard InChI is InChI=1S/C38H42O12P2/c1-9-47-51(41,48-10-2)30-19-28(45-7)24-17-26(43-5)22-15-13-21-14-16-23-27(44-6)18-25-29(46-8)20-31(52(42,49-11-3)50-12-4)38(40)36(25)34(23)32(21)33(22)35(24)37(30)39/h13-20,39-40H,9-12H2,1-8H3. The Morgan fingerprint density at radius 1 is 0.462 bits per heavy atom. The molecule has 12 nitrogen and oxygen atoms in total. The highest BCUT2D eigenvalue weighted by molar-refractivity contribution is 7.62. The molecule has 0 amide bonds. The van der Waals surface area contributed by atoms with Gasteiger partial charge in [0.1, 0.15) is 45.1 Å². The van der Waals surface area contributed by atoms with Crippen LogP contribution in [-0.2, 0) is 27.2 Å². The summed E-state index contributed by atoms with van der Waals surface area (Å²) in [5.74, 6) is 0.787. The molecule has 0 unspecified atom stereocenters. The van der Waals surface area contributed by atoms with Gasteiger partial charge in [-0.05, 0) is 74.9 Å². The van der Waals surface area contributed by atoms with Gasteiger partial charge in [-0.25, -0.2) is 0 Å². The maximum absolute atomic E-state index is 14.3. The molecule has 0 aliphatic carbocycles. The maximum Gasteiger partial charge on any atom is 0.365 e. The molecule has 6 rings (SSSR count). The first kappa shape index (κ1) is 37.5. The van der Waals surface area contributed by atoms with E-state index < -0.39 is 15.2 Å². The zero-order valence-corrected chi connectivity index (χ0v) is 32.1. The van der Waals surface area contributed by atoms with Crippen LogP contribution in [-0.4, -0.2) is 65.1 Å². The lowest BCUT2D eigenvalue weighted by Gasteiger charge is -2.23. The van der Waals surface area contributed by atoms with Gasteiger partial charge in [0.05, 0.1) is 54.9 Å². The normalized spacial score (nSPS) is 12.4. The van der Waals surface area contributed by atoms with Crippen molar-refractivity contribution in [1.29, 1.82) is 0 Å². The van der Waals surface area contributed by atoms with Gasteiger partial charge in [0.25, 0.3) is 0 Å². The van der Waals surface area contributed by atoms with Crippen molar-refractivity contribution < 1.29 is 56.4 Å². The Morgan fingerprint density at radius 2 is 0.788 bits per heavy atom. The average molecular weight is 753 g/mol. The molecular weight excluding hydrogens is 710 g/mol. The fourth-order valence-corrected chi connectivity index (χ4v) is 10.3. The van der Waals surface area contributed by atoms with Gasteiger partial charge < -0.3 is 47.3 Å². The zero-order chi connectivity index (χ0) is 37.5. The predicted octanol–water partition coefficient (Wildman–Crippen LogP) is 8.68. The van der Waals surface area contributed by atoms with E-state index in [1.54, 1.807) is 39.8 Å². The number of fused-ring (bicyclic) bond motifs is 9. The molecule has 0 saturated carbocycles. The lowest BCUT2D eigenvalue weighted by atomic mass is 9.89. The third-order valence-electron chi connectivity index (χ3n) is 9.00. The second-order valence-corrected chi connectivity index (χ2v) is 15.6. The van der Waals surface area contributed by atoms with E-state index in [2.05, 4.69) is 0 Å². The first-order valence-electron chi connectivity index (χ1n) is 16.8. The lowest BCUT2D eigenvalue weighted by Crippen LogP contribution is -2.13. The molecule has 0 aliphatic heterocycles. The SMILES string of the molecule is CCOP(=O)(OCC)c1cc(OC)c2cc(OC)c3ccc4ccc5c(OC)cc6c(OC)cc(P(=O)(OCC)OCC)c(O)c6c5c4c3c2c1O. The zero-order valence-electron chi connectivity index (χ0n) is 30.3. The third-order valence-corrected chi connectivity index (χ3v) is 13.3. The van der Waals surface area contributed by atoms with Crippen LogP contribution in [0.2, 0.25) is 0 Å². The molecule has 276 valence electrons. The summed E-state index contributed by atoms with van der Waals surface area (Å²) in [5.41, 5.74) is 0. The number of benzene rings is 6. The van der Waals surface area contributed by atoms with Gasteiger partial charge in [0.15, 0.2) is 0 Å². The molecule has 0 fully saturated rings. The summed E-state index contributed by atoms with van der Waals surface area (Å²) in [4.78, 5) is 0. The average Bonchev–Trinajstić information content (AvgIpc) is 3.13. The number of aromatic hydroxyl groups is 2. The minimum absolute atomic E-state index is 0.0522. The van der Waals surface area contributed by atoms with Gasteiger partial charge in [0.2, 0.25) is 0 Å². The molecule has 0 heterocycles. The van der Waals surface area contributed by atoms with E-state index in [-0.39, 0.29) is 70.8 Å². The van der Waals surface area contributed by atoms with Crippen LogP contribution in [0, 0.1) is 0 Å². The highest BCUT2D eigenvalue weighted by Crippen LogP contribution is 2.57. The van der Waals surface area contributed by atoms with Crippen LogP contribution >= 0.6 is 15.2 Å². The number of ether oxygens (including phenoxy) is 4. The van der Waals surface area contributed by atoms with E-state index in [0.29, 0.717) is 54.6 Å². The van der Waals surface area contributed by atoms with E-state index >= 15 is 0 Å². The summed E-state index contributed by atoms with van der Waals surface area (Å²) in [7, 11) is -2.12. The van der Waals surface area contributed by atoms with Crippen LogP contribution in [0.4, 0.5) is 0 Å². The predicted molar refractivity (Wildman–Crippen MR) is 204 cm³/mol. The monoisotopic (exact) mass is 752 g/mol. The molecule has 6 aromatic carbocycles. The lowest BCUT2D eigenvalue weighted by molar-refractivity contribution is 0.228. The Hall–Kier alpha value is -4.28. The second-order valence-electron chi connectivity index (χ2n) is 11.6. The summed E-state index contributed by atoms with van der Waals surface area (Å²) < 4.78 is 74.9. The van der Waals surface area contributed by atoms with E-state index in [1.807, 2.05) is 24.3 Å². The molecule has 0 aliphatic rings. The van der Waals surface area contributed by atoms with Crippen LogP contribution in [0.3, 0.4) is 0 Å². The molecule has 0 aromatic heterocycles. The molecule has 0 atom stereocenters. The van der Waals surface area contributed by atoms with Crippen molar-refractivity contribution in [1.82, 2.24) is 0 Å². The number of hydrogen-bond donors (Lipinski definition) is 2. The molecule has 0 radical (unpaired) electrons. The Bertz CT molecular complexity index is 2270. The van der Waals surface area contributed by atoms with Crippen LogP contribution in [0.15, 0.2) is 48.5 Å². The topological polar surface area (TPSA) is 148 Å². The van der Waals surface area contributed by atoms with E-state index in [1.165, 1.54) is 40.6 Å². The maximum atomic E-state index is 14.3. The molecule has 52 heavy (non-hydrogen) atoms. The Kier molecular flexibility index (Phi) is 10.5. The number of methoxy groups -OCH3 is 4. The van der Waals surface area contributed by atoms with Gasteiger partial charge in [-0.2, -0.15) is 0 Å². The molecule has 0 spiro atoms. The van der Waals surface area contributed by atoms with Crippen LogP contribution in [0.1, 0.15) is 27.7 Å². The molecule has 6 aromatic rings. The van der Waals surface area contributed by atoms with Gasteiger partial charge in [-0.15, -0.1) is 0 Å². The molecule has 14 heteroatoms. The van der Waals surface area contributed by atoms with Gasteiger partial charge in [-0.1, -0.05) is 12.1 Å². The number of phenols is 2. The van der Waals surface area contributed by atoms with Crippen molar-refractivity contribution in [3.63, 3.8) is 0 Å². The summed E-state index contributed by atoms with van der Waals surface area (Å²) in [6, 6.07) is 13.9. The van der Waals surface area contributed by atoms with Crippen LogP contribution in [0.25, 0.3) is 53.9 Å². The van der Waals surface area contributed by atoms with Crippen LogP contribution in [0.5, 0.6) is 34.5 Å². The minimum atomic E-state index is -4.06. The fourth-order valence-electron chi connectivity index (χ4n) is 6.98. The van der Waals surface area contributed by atoms with Crippen molar-refractivity contribution in [3.8, 4) is 34.5 Å². The quantitative estimate of drug-likeness (QED) is 0.0810.